The van der Waals surface area contributed by atoms with E-state index < -0.39 is 0 Å². The molecule has 0 radical (unpaired) electrons. The zero-order valence-electron chi connectivity index (χ0n) is 13.5. The molecule has 2 rings (SSSR count). The second kappa shape index (κ2) is 7.96. The summed E-state index contributed by atoms with van der Waals surface area (Å²) in [6.07, 6.45) is 1.42. The number of carbonyl (C=O) groups excluding carboxylic acids is 3. The number of furan rings is 1. The predicted octanol–water partition coefficient (Wildman–Crippen LogP) is 2.02. The minimum absolute atomic E-state index is 0.144. The number of hydrogen-bond donors (Lipinski definition) is 2. The molecule has 1 heterocycles. The van der Waals surface area contributed by atoms with Gasteiger partial charge in [0.2, 0.25) is 11.8 Å². The van der Waals surface area contributed by atoms with Gasteiger partial charge in [-0.05, 0) is 36.4 Å². The Bertz CT molecular complexity index is 708. The van der Waals surface area contributed by atoms with E-state index in [2.05, 4.69) is 10.6 Å². The summed E-state index contributed by atoms with van der Waals surface area (Å²) in [7, 11) is 0. The Labute approximate surface area is 139 Å². The van der Waals surface area contributed by atoms with Crippen LogP contribution in [-0.2, 0) is 9.59 Å². The molecule has 1 aromatic heterocycles. The number of rotatable bonds is 6. The first kappa shape index (κ1) is 17.3. The van der Waals surface area contributed by atoms with Gasteiger partial charge in [0.05, 0.1) is 6.26 Å². The molecule has 2 aromatic rings. The maximum Gasteiger partial charge on any atom is 0.287 e. The maximum atomic E-state index is 11.8. The van der Waals surface area contributed by atoms with Gasteiger partial charge in [-0.3, -0.25) is 14.4 Å². The Morgan fingerprint density at radius 2 is 1.79 bits per heavy atom. The van der Waals surface area contributed by atoms with E-state index in [1.807, 2.05) is 0 Å². The first-order valence-corrected chi connectivity index (χ1v) is 7.45. The molecule has 1 aromatic carbocycles. The van der Waals surface area contributed by atoms with Crippen molar-refractivity contribution in [2.45, 2.75) is 13.8 Å². The number of anilines is 2. The van der Waals surface area contributed by atoms with Crippen molar-refractivity contribution in [3.63, 3.8) is 0 Å². The Kier molecular flexibility index (Phi) is 5.73. The maximum absolute atomic E-state index is 11.8. The number of nitrogens with zero attached hydrogens (tertiary/aromatic N) is 1. The summed E-state index contributed by atoms with van der Waals surface area (Å²) in [4.78, 5) is 36.2. The Morgan fingerprint density at radius 1 is 1.08 bits per heavy atom. The van der Waals surface area contributed by atoms with E-state index in [-0.39, 0.29) is 30.0 Å². The van der Waals surface area contributed by atoms with Crippen molar-refractivity contribution < 1.29 is 18.8 Å². The number of benzene rings is 1. The van der Waals surface area contributed by atoms with E-state index >= 15 is 0 Å². The van der Waals surface area contributed by atoms with Crippen LogP contribution in [0.5, 0.6) is 0 Å². The fourth-order valence-corrected chi connectivity index (χ4v) is 2.17. The molecular weight excluding hydrogens is 310 g/mol. The minimum atomic E-state index is -0.329. The van der Waals surface area contributed by atoms with E-state index in [9.17, 15) is 14.4 Å². The van der Waals surface area contributed by atoms with Crippen molar-refractivity contribution in [3.8, 4) is 0 Å². The highest BCUT2D eigenvalue weighted by molar-refractivity contribution is 5.93. The van der Waals surface area contributed by atoms with Gasteiger partial charge in [0.15, 0.2) is 5.76 Å². The lowest BCUT2D eigenvalue weighted by molar-refractivity contribution is -0.116. The summed E-state index contributed by atoms with van der Waals surface area (Å²) < 4.78 is 5.00. The molecule has 7 heteroatoms. The summed E-state index contributed by atoms with van der Waals surface area (Å²) in [5.74, 6) is -0.408. The van der Waals surface area contributed by atoms with Crippen molar-refractivity contribution >= 4 is 29.1 Å². The van der Waals surface area contributed by atoms with Gasteiger partial charge >= 0.3 is 0 Å². The van der Waals surface area contributed by atoms with Crippen molar-refractivity contribution in [2.24, 2.45) is 0 Å². The highest BCUT2D eigenvalue weighted by atomic mass is 16.3. The van der Waals surface area contributed by atoms with Crippen molar-refractivity contribution in [2.75, 3.05) is 23.3 Å². The van der Waals surface area contributed by atoms with Gasteiger partial charge in [0.25, 0.3) is 5.91 Å². The SMILES string of the molecule is CC(=O)Nc1ccc(N(CCNC(=O)c2ccco2)C(C)=O)cc1. The van der Waals surface area contributed by atoms with Gasteiger partial charge in [-0.25, -0.2) is 0 Å². The molecule has 0 saturated carbocycles. The van der Waals surface area contributed by atoms with Crippen LogP contribution in [0.25, 0.3) is 0 Å². The zero-order valence-corrected chi connectivity index (χ0v) is 13.5. The van der Waals surface area contributed by atoms with Crippen LogP contribution in [0.4, 0.5) is 11.4 Å². The van der Waals surface area contributed by atoms with Crippen LogP contribution in [0.15, 0.2) is 47.1 Å². The third-order valence-corrected chi connectivity index (χ3v) is 3.25. The predicted molar refractivity (Wildman–Crippen MR) is 89.8 cm³/mol. The topological polar surface area (TPSA) is 91.7 Å². The summed E-state index contributed by atoms with van der Waals surface area (Å²) in [5, 5.41) is 5.36. The molecule has 0 aliphatic heterocycles. The van der Waals surface area contributed by atoms with Crippen molar-refractivity contribution in [1.29, 1.82) is 0 Å². The Hall–Kier alpha value is -3.09. The second-order valence-corrected chi connectivity index (χ2v) is 5.13. The lowest BCUT2D eigenvalue weighted by Gasteiger charge is -2.21. The standard InChI is InChI=1S/C17H19N3O4/c1-12(21)19-14-5-7-15(8-6-14)20(13(2)22)10-9-18-17(23)16-4-3-11-24-16/h3-8,11H,9-10H2,1-2H3,(H,18,23)(H,19,21). The van der Waals surface area contributed by atoms with Crippen LogP contribution >= 0.6 is 0 Å². The molecule has 0 aliphatic carbocycles. The molecule has 2 N–H and O–H groups in total. The largest absolute Gasteiger partial charge is 0.459 e. The van der Waals surface area contributed by atoms with Crippen molar-refractivity contribution in [3.05, 3.63) is 48.4 Å². The molecule has 3 amide bonds. The Balaban J connectivity index is 1.95. The molecule has 0 fully saturated rings. The van der Waals surface area contributed by atoms with E-state index in [1.54, 1.807) is 41.3 Å². The highest BCUT2D eigenvalue weighted by Crippen LogP contribution is 2.18. The lowest BCUT2D eigenvalue weighted by Crippen LogP contribution is -2.37. The third kappa shape index (κ3) is 4.70. The number of amides is 3. The molecule has 0 atom stereocenters. The third-order valence-electron chi connectivity index (χ3n) is 3.25. The second-order valence-electron chi connectivity index (χ2n) is 5.13. The molecule has 126 valence electrons. The van der Waals surface area contributed by atoms with Crippen LogP contribution in [0, 0.1) is 0 Å². The molecule has 7 nitrogen and oxygen atoms in total. The average molecular weight is 329 g/mol. The summed E-state index contributed by atoms with van der Waals surface area (Å²) in [5.41, 5.74) is 1.34. The first-order chi connectivity index (χ1) is 11.5. The van der Waals surface area contributed by atoms with Crippen LogP contribution in [0.1, 0.15) is 24.4 Å². The number of nitrogens with one attached hydrogen (secondary N) is 2. The summed E-state index contributed by atoms with van der Waals surface area (Å²) >= 11 is 0. The normalized spacial score (nSPS) is 10.1. The van der Waals surface area contributed by atoms with Gasteiger partial charge < -0.3 is 20.0 Å². The van der Waals surface area contributed by atoms with E-state index in [1.165, 1.54) is 20.1 Å². The smallest absolute Gasteiger partial charge is 0.287 e. The fraction of sp³-hybridized carbons (Fsp3) is 0.235. The fourth-order valence-electron chi connectivity index (χ4n) is 2.17. The minimum Gasteiger partial charge on any atom is -0.459 e. The number of carbonyl (C=O) groups is 3. The summed E-state index contributed by atoms with van der Waals surface area (Å²) in [6.45, 7) is 3.49. The molecule has 0 unspecified atom stereocenters. The van der Waals surface area contributed by atoms with Gasteiger partial charge in [0.1, 0.15) is 0 Å². The zero-order chi connectivity index (χ0) is 17.5. The highest BCUT2D eigenvalue weighted by Gasteiger charge is 2.13. The van der Waals surface area contributed by atoms with Gasteiger partial charge in [-0.1, -0.05) is 0 Å². The van der Waals surface area contributed by atoms with Gasteiger partial charge in [0, 0.05) is 38.3 Å². The monoisotopic (exact) mass is 329 g/mol. The van der Waals surface area contributed by atoms with Crippen molar-refractivity contribution in [1.82, 2.24) is 5.32 Å². The van der Waals surface area contributed by atoms with E-state index in [0.717, 1.165) is 0 Å². The quantitative estimate of drug-likeness (QED) is 0.848. The van der Waals surface area contributed by atoms with E-state index in [0.29, 0.717) is 17.9 Å². The molecule has 0 saturated heterocycles. The molecular formula is C17H19N3O4. The van der Waals surface area contributed by atoms with Gasteiger partial charge in [-0.2, -0.15) is 0 Å². The lowest BCUT2D eigenvalue weighted by atomic mass is 10.2. The molecule has 0 aliphatic rings. The van der Waals surface area contributed by atoms with Crippen LogP contribution in [-0.4, -0.2) is 30.8 Å². The Morgan fingerprint density at radius 3 is 2.33 bits per heavy atom. The molecule has 0 spiro atoms. The summed E-state index contributed by atoms with van der Waals surface area (Å²) in [6, 6.07) is 10.1. The van der Waals surface area contributed by atoms with Crippen LogP contribution < -0.4 is 15.5 Å². The molecule has 0 bridgehead atoms. The number of hydrogen-bond acceptors (Lipinski definition) is 4. The van der Waals surface area contributed by atoms with Gasteiger partial charge in [-0.15, -0.1) is 0 Å². The molecule has 24 heavy (non-hydrogen) atoms. The van der Waals surface area contributed by atoms with Crippen LogP contribution in [0.2, 0.25) is 0 Å². The van der Waals surface area contributed by atoms with E-state index in [4.69, 9.17) is 4.42 Å². The average Bonchev–Trinajstić information content (AvgIpc) is 3.06. The first-order valence-electron chi connectivity index (χ1n) is 7.45. The van der Waals surface area contributed by atoms with Crippen LogP contribution in [0.3, 0.4) is 0 Å².